The average molecular weight is 511 g/mol. The first-order valence-corrected chi connectivity index (χ1v) is 13.0. The van der Waals surface area contributed by atoms with E-state index in [2.05, 4.69) is 48.5 Å². The summed E-state index contributed by atoms with van der Waals surface area (Å²) in [7, 11) is 0. The van der Waals surface area contributed by atoms with Crippen LogP contribution in [0, 0.1) is 6.92 Å². The van der Waals surface area contributed by atoms with Gasteiger partial charge in [0.05, 0.1) is 0 Å². The predicted octanol–water partition coefficient (Wildman–Crippen LogP) is 7.79. The summed E-state index contributed by atoms with van der Waals surface area (Å²) >= 11 is 0. The third kappa shape index (κ3) is 7.59. The monoisotopic (exact) mass is 510 g/mol. The number of rotatable bonds is 4. The van der Waals surface area contributed by atoms with E-state index in [9.17, 15) is 14.7 Å². The summed E-state index contributed by atoms with van der Waals surface area (Å²) in [6.07, 6.45) is -0.528. The van der Waals surface area contributed by atoms with Crippen molar-refractivity contribution in [1.82, 2.24) is 0 Å². The molecule has 0 fully saturated rings. The maximum absolute atomic E-state index is 12.8. The van der Waals surface area contributed by atoms with Gasteiger partial charge >= 0.3 is 11.9 Å². The predicted molar refractivity (Wildman–Crippen MR) is 150 cm³/mol. The van der Waals surface area contributed by atoms with Gasteiger partial charge in [-0.3, -0.25) is 9.59 Å². The molecule has 1 N–H and O–H groups in total. The van der Waals surface area contributed by atoms with Crippen LogP contribution >= 0.6 is 0 Å². The first-order valence-electron chi connectivity index (χ1n) is 13.0. The van der Waals surface area contributed by atoms with Crippen molar-refractivity contribution in [1.29, 1.82) is 0 Å². The first kappa shape index (κ1) is 30.4. The zero-order valence-electron chi connectivity index (χ0n) is 25.1. The Labute approximate surface area is 223 Å². The summed E-state index contributed by atoms with van der Waals surface area (Å²) in [4.78, 5) is 25.5. The SMILES string of the molecule is Cc1c(C(C)(C)C)cc(OC(=O)CC(=O)Oc2cc(C(C)(C)C)c(O)c(C(C)(C)C)c2)cc1C(C)(C)C. The Hall–Kier alpha value is -2.82. The third-order valence-electron chi connectivity index (χ3n) is 6.45. The number of ether oxygens (including phenoxy) is 2. The number of hydrogen-bond donors (Lipinski definition) is 1. The van der Waals surface area contributed by atoms with E-state index in [0.717, 1.165) is 11.1 Å². The zero-order chi connectivity index (χ0) is 28.7. The highest BCUT2D eigenvalue weighted by atomic mass is 16.6. The Kier molecular flexibility index (Phi) is 8.34. The second-order valence-electron chi connectivity index (χ2n) is 14.1. The minimum absolute atomic E-state index is 0.139. The number of aromatic hydroxyl groups is 1. The Morgan fingerprint density at radius 3 is 1.14 bits per heavy atom. The van der Waals surface area contributed by atoms with E-state index in [1.54, 1.807) is 12.1 Å². The molecule has 0 atom stereocenters. The molecule has 2 aromatic rings. The van der Waals surface area contributed by atoms with E-state index in [4.69, 9.17) is 9.47 Å². The van der Waals surface area contributed by atoms with Crippen LogP contribution < -0.4 is 9.47 Å². The van der Waals surface area contributed by atoms with Gasteiger partial charge < -0.3 is 14.6 Å². The molecule has 0 aliphatic carbocycles. The van der Waals surface area contributed by atoms with Crippen molar-refractivity contribution < 1.29 is 24.2 Å². The second-order valence-corrected chi connectivity index (χ2v) is 14.1. The van der Waals surface area contributed by atoms with Gasteiger partial charge in [-0.15, -0.1) is 0 Å². The van der Waals surface area contributed by atoms with Gasteiger partial charge in [-0.25, -0.2) is 0 Å². The molecule has 0 aromatic heterocycles. The molecule has 0 saturated heterocycles. The molecule has 0 saturated carbocycles. The van der Waals surface area contributed by atoms with Crippen LogP contribution in [-0.2, 0) is 31.2 Å². The summed E-state index contributed by atoms with van der Waals surface area (Å²) in [5.41, 5.74) is 3.70. The molecule has 2 rings (SSSR count). The summed E-state index contributed by atoms with van der Waals surface area (Å²) < 4.78 is 11.2. The number of carbonyl (C=O) groups excluding carboxylic acids is 2. The number of hydrogen-bond acceptors (Lipinski definition) is 5. The summed E-state index contributed by atoms with van der Waals surface area (Å²) in [6.45, 7) is 26.7. The van der Waals surface area contributed by atoms with Gasteiger partial charge in [0.2, 0.25) is 0 Å². The second kappa shape index (κ2) is 10.2. The maximum atomic E-state index is 12.8. The lowest BCUT2D eigenvalue weighted by molar-refractivity contribution is -0.144. The highest BCUT2D eigenvalue weighted by Crippen LogP contribution is 2.42. The van der Waals surface area contributed by atoms with Gasteiger partial charge in [-0.1, -0.05) is 83.1 Å². The molecule has 0 bridgehead atoms. The zero-order valence-corrected chi connectivity index (χ0v) is 25.1. The van der Waals surface area contributed by atoms with Crippen LogP contribution in [0.2, 0.25) is 0 Å². The largest absolute Gasteiger partial charge is 0.507 e. The topological polar surface area (TPSA) is 72.8 Å². The molecule has 0 aliphatic rings. The van der Waals surface area contributed by atoms with E-state index in [1.165, 1.54) is 5.56 Å². The highest BCUT2D eigenvalue weighted by molar-refractivity contribution is 5.93. The molecule has 0 unspecified atom stereocenters. The number of phenolic OH excluding ortho intramolecular Hbond substituents is 1. The molecule has 0 aliphatic heterocycles. The van der Waals surface area contributed by atoms with E-state index in [0.29, 0.717) is 22.6 Å². The first-order chi connectivity index (χ1) is 16.5. The molecule has 2 aromatic carbocycles. The van der Waals surface area contributed by atoms with E-state index >= 15 is 0 Å². The van der Waals surface area contributed by atoms with Crippen molar-refractivity contribution in [2.45, 2.75) is 118 Å². The van der Waals surface area contributed by atoms with Gasteiger partial charge in [-0.05, 0) is 69.5 Å². The van der Waals surface area contributed by atoms with Crippen molar-refractivity contribution in [2.24, 2.45) is 0 Å². The molecular weight excluding hydrogens is 464 g/mol. The molecule has 5 heteroatoms. The molecule has 5 nitrogen and oxygen atoms in total. The lowest BCUT2D eigenvalue weighted by Crippen LogP contribution is -2.22. The molecule has 0 spiro atoms. The number of benzene rings is 2. The van der Waals surface area contributed by atoms with Gasteiger partial charge in [0.1, 0.15) is 23.7 Å². The summed E-state index contributed by atoms with van der Waals surface area (Å²) in [5, 5.41) is 10.9. The van der Waals surface area contributed by atoms with Crippen LogP contribution in [-0.4, -0.2) is 17.0 Å². The fourth-order valence-electron chi connectivity index (χ4n) is 4.57. The van der Waals surface area contributed by atoms with E-state index in [1.807, 2.05) is 53.7 Å². The van der Waals surface area contributed by atoms with Gasteiger partial charge in [0.25, 0.3) is 0 Å². The summed E-state index contributed by atoms with van der Waals surface area (Å²) in [6, 6.07) is 7.11. The van der Waals surface area contributed by atoms with Crippen molar-refractivity contribution >= 4 is 11.9 Å². The Balaban J connectivity index is 2.32. The third-order valence-corrected chi connectivity index (χ3v) is 6.45. The Bertz CT molecular complexity index is 1010. The Morgan fingerprint density at radius 1 is 0.595 bits per heavy atom. The normalized spacial score (nSPS) is 12.9. The quantitative estimate of drug-likeness (QED) is 0.258. The van der Waals surface area contributed by atoms with Crippen LogP contribution in [0.5, 0.6) is 17.2 Å². The molecule has 0 amide bonds. The van der Waals surface area contributed by atoms with Crippen LogP contribution in [0.1, 0.15) is 117 Å². The number of esters is 2. The number of carbonyl (C=O) groups is 2. The summed E-state index contributed by atoms with van der Waals surface area (Å²) in [5.74, 6) is -0.476. The van der Waals surface area contributed by atoms with Crippen LogP contribution in [0.25, 0.3) is 0 Å². The minimum atomic E-state index is -0.713. The van der Waals surface area contributed by atoms with E-state index in [-0.39, 0.29) is 27.4 Å². The van der Waals surface area contributed by atoms with Gasteiger partial charge in [0.15, 0.2) is 0 Å². The van der Waals surface area contributed by atoms with Crippen LogP contribution in [0.4, 0.5) is 0 Å². The molecular formula is C32H46O5. The highest BCUT2D eigenvalue weighted by Gasteiger charge is 2.29. The van der Waals surface area contributed by atoms with Crippen molar-refractivity contribution in [3.63, 3.8) is 0 Å². The van der Waals surface area contributed by atoms with Crippen LogP contribution in [0.15, 0.2) is 24.3 Å². The van der Waals surface area contributed by atoms with Crippen molar-refractivity contribution in [3.8, 4) is 17.2 Å². The smallest absolute Gasteiger partial charge is 0.322 e. The fourth-order valence-corrected chi connectivity index (χ4v) is 4.57. The number of phenols is 1. The Morgan fingerprint density at radius 2 is 0.865 bits per heavy atom. The van der Waals surface area contributed by atoms with E-state index < -0.39 is 18.4 Å². The minimum Gasteiger partial charge on any atom is -0.507 e. The maximum Gasteiger partial charge on any atom is 0.322 e. The lowest BCUT2D eigenvalue weighted by Gasteiger charge is -2.29. The average Bonchev–Trinajstić information content (AvgIpc) is 2.66. The van der Waals surface area contributed by atoms with Crippen molar-refractivity contribution in [2.75, 3.05) is 0 Å². The van der Waals surface area contributed by atoms with Crippen LogP contribution in [0.3, 0.4) is 0 Å². The molecule has 0 heterocycles. The standard InChI is InChI=1S/C32H46O5/c1-19-22(29(2,3)4)14-20(15-23(19)30(5,6)7)36-26(33)18-27(34)37-21-16-24(31(8,9)10)28(35)25(17-21)32(11,12)13/h14-17,35H,18H2,1-13H3. The van der Waals surface area contributed by atoms with Crippen molar-refractivity contribution in [3.05, 3.63) is 52.1 Å². The molecule has 204 valence electrons. The lowest BCUT2D eigenvalue weighted by atomic mass is 9.76. The molecule has 37 heavy (non-hydrogen) atoms. The fraction of sp³-hybridized carbons (Fsp3) is 0.562. The van der Waals surface area contributed by atoms with Gasteiger partial charge in [0, 0.05) is 11.1 Å². The van der Waals surface area contributed by atoms with Gasteiger partial charge in [-0.2, -0.15) is 0 Å². The molecule has 0 radical (unpaired) electrons.